The van der Waals surface area contributed by atoms with Crippen LogP contribution in [0.5, 0.6) is 0 Å². The van der Waals surface area contributed by atoms with E-state index in [-0.39, 0.29) is 5.97 Å². The largest absolute Gasteiger partial charge is 0.462 e. The van der Waals surface area contributed by atoms with Gasteiger partial charge in [0.1, 0.15) is 0 Å². The fourth-order valence-corrected chi connectivity index (χ4v) is 2.10. The van der Waals surface area contributed by atoms with Crippen LogP contribution in [0, 0.1) is 0 Å². The van der Waals surface area contributed by atoms with Gasteiger partial charge in [-0.05, 0) is 25.8 Å². The molecule has 0 aromatic carbocycles. The van der Waals surface area contributed by atoms with Crippen LogP contribution in [-0.2, 0) is 11.8 Å². The minimum Gasteiger partial charge on any atom is -0.462 e. The van der Waals surface area contributed by atoms with Gasteiger partial charge in [0.05, 0.1) is 23.8 Å². The summed E-state index contributed by atoms with van der Waals surface area (Å²) in [6, 6.07) is 1.86. The van der Waals surface area contributed by atoms with E-state index in [0.717, 1.165) is 29.6 Å². The van der Waals surface area contributed by atoms with Crippen molar-refractivity contribution in [1.29, 1.82) is 0 Å². The zero-order chi connectivity index (χ0) is 12.7. The van der Waals surface area contributed by atoms with Crippen LogP contribution in [0.2, 0.25) is 0 Å². The van der Waals surface area contributed by atoms with Gasteiger partial charge in [-0.2, -0.15) is 5.10 Å². The van der Waals surface area contributed by atoms with Gasteiger partial charge in [0.2, 0.25) is 0 Å². The number of pyridine rings is 1. The van der Waals surface area contributed by atoms with Crippen molar-refractivity contribution in [1.82, 2.24) is 14.8 Å². The van der Waals surface area contributed by atoms with Crippen LogP contribution >= 0.6 is 0 Å². The third-order valence-corrected chi connectivity index (χ3v) is 3.22. The Hall–Kier alpha value is -1.91. The first-order valence-corrected chi connectivity index (χ1v) is 6.20. The molecule has 0 bridgehead atoms. The number of aryl methyl sites for hydroxylation is 1. The van der Waals surface area contributed by atoms with Crippen molar-refractivity contribution in [3.8, 4) is 0 Å². The maximum atomic E-state index is 12.0. The highest BCUT2D eigenvalue weighted by Crippen LogP contribution is 2.40. The predicted octanol–water partition coefficient (Wildman–Crippen LogP) is 2.02. The van der Waals surface area contributed by atoms with E-state index in [1.807, 2.05) is 13.1 Å². The molecule has 2 aromatic rings. The van der Waals surface area contributed by atoms with Crippen molar-refractivity contribution >= 4 is 17.0 Å². The van der Waals surface area contributed by atoms with E-state index in [1.54, 1.807) is 17.8 Å². The van der Waals surface area contributed by atoms with E-state index in [9.17, 15) is 4.79 Å². The van der Waals surface area contributed by atoms with Gasteiger partial charge in [0.25, 0.3) is 0 Å². The Balaban J connectivity index is 2.17. The molecule has 1 fully saturated rings. The lowest BCUT2D eigenvalue weighted by molar-refractivity contribution is 0.0528. The van der Waals surface area contributed by atoms with Crippen molar-refractivity contribution in [2.45, 2.75) is 25.7 Å². The van der Waals surface area contributed by atoms with Gasteiger partial charge in [-0.15, -0.1) is 0 Å². The molecule has 1 aliphatic rings. The summed E-state index contributed by atoms with van der Waals surface area (Å²) in [5.41, 5.74) is 2.31. The average molecular weight is 245 g/mol. The summed E-state index contributed by atoms with van der Waals surface area (Å²) >= 11 is 0. The molecular weight excluding hydrogens is 230 g/mol. The van der Waals surface area contributed by atoms with E-state index >= 15 is 0 Å². The third kappa shape index (κ3) is 1.75. The van der Waals surface area contributed by atoms with Crippen LogP contribution < -0.4 is 0 Å². The summed E-state index contributed by atoms with van der Waals surface area (Å²) in [7, 11) is 1.83. The Morgan fingerprint density at radius 2 is 2.33 bits per heavy atom. The fourth-order valence-electron chi connectivity index (χ4n) is 2.10. The lowest BCUT2D eigenvalue weighted by Crippen LogP contribution is -2.07. The summed E-state index contributed by atoms with van der Waals surface area (Å²) in [5.74, 6) is 0.206. The molecule has 1 aliphatic carbocycles. The number of rotatable bonds is 3. The van der Waals surface area contributed by atoms with E-state index in [0.29, 0.717) is 18.1 Å². The molecule has 0 saturated heterocycles. The van der Waals surface area contributed by atoms with Gasteiger partial charge in [-0.1, -0.05) is 0 Å². The summed E-state index contributed by atoms with van der Waals surface area (Å²) in [5, 5.41) is 4.93. The molecule has 5 heteroatoms. The number of hydrogen-bond acceptors (Lipinski definition) is 4. The second-order valence-corrected chi connectivity index (χ2v) is 4.59. The predicted molar refractivity (Wildman–Crippen MR) is 66.4 cm³/mol. The Morgan fingerprint density at radius 1 is 1.56 bits per heavy atom. The molecule has 5 nitrogen and oxygen atoms in total. The Kier molecular flexibility index (Phi) is 2.54. The summed E-state index contributed by atoms with van der Waals surface area (Å²) in [4.78, 5) is 16.6. The molecule has 0 unspecified atom stereocenters. The van der Waals surface area contributed by atoms with Crippen molar-refractivity contribution in [3.05, 3.63) is 23.5 Å². The maximum absolute atomic E-state index is 12.0. The number of aromatic nitrogens is 3. The topological polar surface area (TPSA) is 57.0 Å². The van der Waals surface area contributed by atoms with E-state index < -0.39 is 0 Å². The van der Waals surface area contributed by atoms with Gasteiger partial charge in [0, 0.05) is 18.7 Å². The molecule has 94 valence electrons. The molecule has 0 N–H and O–H groups in total. The molecule has 0 spiro atoms. The van der Waals surface area contributed by atoms with E-state index in [4.69, 9.17) is 4.74 Å². The maximum Gasteiger partial charge on any atom is 0.338 e. The van der Waals surface area contributed by atoms with Gasteiger partial charge in [-0.3, -0.25) is 4.68 Å². The monoisotopic (exact) mass is 245 g/mol. The number of fused-ring (bicyclic) bond motifs is 1. The highest BCUT2D eigenvalue weighted by molar-refractivity contribution is 6.02. The molecule has 1 saturated carbocycles. The van der Waals surface area contributed by atoms with Crippen LogP contribution in [-0.4, -0.2) is 27.3 Å². The number of ether oxygens (including phenoxy) is 1. The van der Waals surface area contributed by atoms with Crippen molar-refractivity contribution in [2.24, 2.45) is 7.05 Å². The fraction of sp³-hybridized carbons (Fsp3) is 0.462. The lowest BCUT2D eigenvalue weighted by atomic mass is 10.1. The smallest absolute Gasteiger partial charge is 0.338 e. The minimum atomic E-state index is -0.292. The molecule has 3 rings (SSSR count). The van der Waals surface area contributed by atoms with Gasteiger partial charge in [-0.25, -0.2) is 9.78 Å². The van der Waals surface area contributed by atoms with Crippen LogP contribution in [0.25, 0.3) is 11.0 Å². The van der Waals surface area contributed by atoms with E-state index in [2.05, 4.69) is 10.1 Å². The van der Waals surface area contributed by atoms with Crippen molar-refractivity contribution < 1.29 is 9.53 Å². The molecule has 2 heterocycles. The highest BCUT2D eigenvalue weighted by atomic mass is 16.5. The van der Waals surface area contributed by atoms with Gasteiger partial charge < -0.3 is 4.74 Å². The normalized spacial score (nSPS) is 15.0. The Labute approximate surface area is 105 Å². The molecule has 0 radical (unpaired) electrons. The summed E-state index contributed by atoms with van der Waals surface area (Å²) in [6.07, 6.45) is 3.97. The second kappa shape index (κ2) is 4.08. The second-order valence-electron chi connectivity index (χ2n) is 4.59. The standard InChI is InChI=1S/C13H15N3O2/c1-3-18-13(17)9-6-11(8-4-5-8)15-12-10(9)7-14-16(12)2/h6-8H,3-5H2,1-2H3. The van der Waals surface area contributed by atoms with Crippen LogP contribution in [0.1, 0.15) is 41.7 Å². The first-order valence-electron chi connectivity index (χ1n) is 6.20. The minimum absolute atomic E-state index is 0.292. The Morgan fingerprint density at radius 3 is 3.00 bits per heavy atom. The molecule has 0 amide bonds. The van der Waals surface area contributed by atoms with Gasteiger partial charge in [0.15, 0.2) is 5.65 Å². The lowest BCUT2D eigenvalue weighted by Gasteiger charge is -2.06. The molecule has 0 aliphatic heterocycles. The number of esters is 1. The number of carbonyl (C=O) groups excluding carboxylic acids is 1. The number of hydrogen-bond donors (Lipinski definition) is 0. The first kappa shape index (κ1) is 11.2. The first-order chi connectivity index (χ1) is 8.70. The van der Waals surface area contributed by atoms with E-state index in [1.165, 1.54) is 0 Å². The van der Waals surface area contributed by atoms with Crippen LogP contribution in [0.15, 0.2) is 12.3 Å². The van der Waals surface area contributed by atoms with Crippen molar-refractivity contribution in [3.63, 3.8) is 0 Å². The number of carbonyl (C=O) groups is 1. The average Bonchev–Trinajstić information content (AvgIpc) is 3.14. The molecule has 2 aromatic heterocycles. The Bertz CT molecular complexity index is 614. The van der Waals surface area contributed by atoms with Crippen molar-refractivity contribution in [2.75, 3.05) is 6.61 Å². The number of nitrogens with zero attached hydrogens (tertiary/aromatic N) is 3. The molecule has 18 heavy (non-hydrogen) atoms. The molecule has 0 atom stereocenters. The third-order valence-electron chi connectivity index (χ3n) is 3.22. The van der Waals surface area contributed by atoms with Crippen LogP contribution in [0.4, 0.5) is 0 Å². The SMILES string of the molecule is CCOC(=O)c1cc(C2CC2)nc2c1cnn2C. The molecular formula is C13H15N3O2. The van der Waals surface area contributed by atoms with Gasteiger partial charge >= 0.3 is 5.97 Å². The summed E-state index contributed by atoms with van der Waals surface area (Å²) in [6.45, 7) is 2.18. The summed E-state index contributed by atoms with van der Waals surface area (Å²) < 4.78 is 6.80. The quantitative estimate of drug-likeness (QED) is 0.776. The zero-order valence-corrected chi connectivity index (χ0v) is 10.5. The van der Waals surface area contributed by atoms with Crippen LogP contribution in [0.3, 0.4) is 0 Å². The zero-order valence-electron chi connectivity index (χ0n) is 10.5. The highest BCUT2D eigenvalue weighted by Gasteiger charge is 2.28.